The molecule has 4 nitrogen and oxygen atoms in total. The highest BCUT2D eigenvalue weighted by Gasteiger charge is 2.15. The lowest BCUT2D eigenvalue weighted by molar-refractivity contribution is 0.104. The smallest absolute Gasteiger partial charge is 0.192 e. The Bertz CT molecular complexity index is 384. The highest BCUT2D eigenvalue weighted by molar-refractivity contribution is 6.08. The van der Waals surface area contributed by atoms with Gasteiger partial charge in [-0.1, -0.05) is 13.0 Å². The van der Waals surface area contributed by atoms with E-state index in [0.29, 0.717) is 6.42 Å². The van der Waals surface area contributed by atoms with Crippen LogP contribution in [0.3, 0.4) is 0 Å². The van der Waals surface area contributed by atoms with Crippen molar-refractivity contribution in [1.82, 2.24) is 0 Å². The molecule has 0 radical (unpaired) electrons. The molecular formula is C11H12O4. The van der Waals surface area contributed by atoms with Crippen LogP contribution in [0.2, 0.25) is 0 Å². The third-order valence-electron chi connectivity index (χ3n) is 1.83. The van der Waals surface area contributed by atoms with Gasteiger partial charge in [-0.15, -0.1) is 0 Å². The zero-order chi connectivity index (χ0) is 11.4. The van der Waals surface area contributed by atoms with Crippen LogP contribution in [0.4, 0.5) is 0 Å². The number of aromatic hydroxyl groups is 3. The monoisotopic (exact) mass is 208 g/mol. The Morgan fingerprint density at radius 3 is 2.27 bits per heavy atom. The fourth-order valence-corrected chi connectivity index (χ4v) is 1.16. The molecule has 0 aliphatic rings. The quantitative estimate of drug-likeness (QED) is 0.524. The van der Waals surface area contributed by atoms with E-state index in [1.807, 2.05) is 6.92 Å². The van der Waals surface area contributed by atoms with Crippen LogP contribution in [0.25, 0.3) is 0 Å². The molecule has 0 amide bonds. The molecule has 0 spiro atoms. The predicted molar refractivity (Wildman–Crippen MR) is 55.2 cm³/mol. The molecule has 1 rings (SSSR count). The number of phenols is 3. The van der Waals surface area contributed by atoms with Crippen LogP contribution in [0.5, 0.6) is 17.2 Å². The Morgan fingerprint density at radius 1 is 1.27 bits per heavy atom. The van der Waals surface area contributed by atoms with Gasteiger partial charge in [-0.05, 0) is 12.5 Å². The number of benzene rings is 1. The average Bonchev–Trinajstić information content (AvgIpc) is 2.12. The maximum atomic E-state index is 11.5. The lowest BCUT2D eigenvalue weighted by Crippen LogP contribution is -1.95. The number of phenolic OH excluding ortho intramolecular Hbond substituents is 3. The lowest BCUT2D eigenvalue weighted by atomic mass is 10.1. The number of carbonyl (C=O) groups excluding carboxylic acids is 1. The second kappa shape index (κ2) is 4.50. The molecule has 0 aliphatic carbocycles. The fraction of sp³-hybridized carbons (Fsp3) is 0.182. The number of hydrogen-bond donors (Lipinski definition) is 3. The van der Waals surface area contributed by atoms with E-state index in [1.165, 1.54) is 6.08 Å². The first-order valence-electron chi connectivity index (χ1n) is 4.52. The molecule has 80 valence electrons. The third kappa shape index (κ3) is 2.49. The Kier molecular flexibility index (Phi) is 3.33. The Morgan fingerprint density at radius 2 is 1.80 bits per heavy atom. The van der Waals surface area contributed by atoms with Gasteiger partial charge in [0.1, 0.15) is 22.8 Å². The van der Waals surface area contributed by atoms with E-state index in [1.54, 1.807) is 6.08 Å². The van der Waals surface area contributed by atoms with Gasteiger partial charge in [-0.3, -0.25) is 4.79 Å². The molecule has 0 atom stereocenters. The summed E-state index contributed by atoms with van der Waals surface area (Å²) in [5.74, 6) is -1.65. The van der Waals surface area contributed by atoms with Crippen molar-refractivity contribution in [3.8, 4) is 17.2 Å². The molecular weight excluding hydrogens is 196 g/mol. The van der Waals surface area contributed by atoms with Crippen molar-refractivity contribution in [2.75, 3.05) is 0 Å². The number of rotatable bonds is 3. The van der Waals surface area contributed by atoms with Gasteiger partial charge in [0, 0.05) is 12.1 Å². The molecule has 0 aromatic heterocycles. The predicted octanol–water partition coefficient (Wildman–Crippen LogP) is 1.95. The van der Waals surface area contributed by atoms with Gasteiger partial charge in [0.15, 0.2) is 5.78 Å². The largest absolute Gasteiger partial charge is 0.508 e. The molecule has 4 heteroatoms. The van der Waals surface area contributed by atoms with Crippen LogP contribution in [0.15, 0.2) is 24.3 Å². The lowest BCUT2D eigenvalue weighted by Gasteiger charge is -2.04. The van der Waals surface area contributed by atoms with Gasteiger partial charge in [0.25, 0.3) is 0 Å². The molecule has 0 saturated carbocycles. The summed E-state index contributed by atoms with van der Waals surface area (Å²) in [6.07, 6.45) is 3.57. The van der Waals surface area contributed by atoms with Crippen molar-refractivity contribution >= 4 is 5.78 Å². The van der Waals surface area contributed by atoms with Crippen LogP contribution in [0.1, 0.15) is 23.7 Å². The van der Waals surface area contributed by atoms with Gasteiger partial charge in [-0.25, -0.2) is 0 Å². The van der Waals surface area contributed by atoms with Crippen molar-refractivity contribution in [2.45, 2.75) is 13.3 Å². The van der Waals surface area contributed by atoms with Crippen molar-refractivity contribution in [3.05, 3.63) is 29.8 Å². The number of carbonyl (C=O) groups is 1. The fourth-order valence-electron chi connectivity index (χ4n) is 1.16. The molecule has 0 heterocycles. The summed E-state index contributed by atoms with van der Waals surface area (Å²) < 4.78 is 0. The van der Waals surface area contributed by atoms with Gasteiger partial charge in [0.2, 0.25) is 0 Å². The molecule has 0 bridgehead atoms. The van der Waals surface area contributed by atoms with Gasteiger partial charge < -0.3 is 15.3 Å². The first kappa shape index (κ1) is 11.1. The minimum Gasteiger partial charge on any atom is -0.508 e. The molecule has 15 heavy (non-hydrogen) atoms. The number of hydrogen-bond acceptors (Lipinski definition) is 4. The van der Waals surface area contributed by atoms with E-state index in [0.717, 1.165) is 12.1 Å². The average molecular weight is 208 g/mol. The molecule has 0 saturated heterocycles. The van der Waals surface area contributed by atoms with Gasteiger partial charge >= 0.3 is 0 Å². The number of ketones is 1. The summed E-state index contributed by atoms with van der Waals surface area (Å²) in [5, 5.41) is 27.8. The first-order chi connectivity index (χ1) is 7.06. The van der Waals surface area contributed by atoms with E-state index >= 15 is 0 Å². The Labute approximate surface area is 87.1 Å². The van der Waals surface area contributed by atoms with Gasteiger partial charge in [-0.2, -0.15) is 0 Å². The summed E-state index contributed by atoms with van der Waals surface area (Å²) in [5.41, 5.74) is -0.197. The maximum Gasteiger partial charge on any atom is 0.192 e. The van der Waals surface area contributed by atoms with Crippen LogP contribution >= 0.6 is 0 Å². The molecule has 0 fully saturated rings. The number of allylic oxidation sites excluding steroid dienone is 2. The third-order valence-corrected chi connectivity index (χ3v) is 1.83. The molecule has 3 N–H and O–H groups in total. The zero-order valence-electron chi connectivity index (χ0n) is 8.27. The first-order valence-corrected chi connectivity index (χ1v) is 4.52. The topological polar surface area (TPSA) is 77.8 Å². The van der Waals surface area contributed by atoms with E-state index in [9.17, 15) is 15.0 Å². The van der Waals surface area contributed by atoms with Crippen LogP contribution in [-0.4, -0.2) is 21.1 Å². The second-order valence-electron chi connectivity index (χ2n) is 3.03. The van der Waals surface area contributed by atoms with Crippen molar-refractivity contribution < 1.29 is 20.1 Å². The summed E-state index contributed by atoms with van der Waals surface area (Å²) in [4.78, 5) is 11.5. The maximum absolute atomic E-state index is 11.5. The molecule has 0 unspecified atom stereocenters. The molecule has 1 aromatic rings. The van der Waals surface area contributed by atoms with Crippen LogP contribution in [0, 0.1) is 0 Å². The van der Waals surface area contributed by atoms with E-state index in [4.69, 9.17) is 5.11 Å². The standard InChI is InChI=1S/C11H12O4/c1-2-3-4-8(13)11-9(14)5-7(12)6-10(11)15/h3-6,12,14-15H,2H2,1H3. The normalized spacial score (nSPS) is 10.7. The Hall–Kier alpha value is -1.97. The van der Waals surface area contributed by atoms with Crippen molar-refractivity contribution in [3.63, 3.8) is 0 Å². The summed E-state index contributed by atoms with van der Waals surface area (Å²) >= 11 is 0. The van der Waals surface area contributed by atoms with Crippen LogP contribution < -0.4 is 0 Å². The zero-order valence-corrected chi connectivity index (χ0v) is 8.27. The Balaban J connectivity index is 3.14. The molecule has 0 aliphatic heterocycles. The van der Waals surface area contributed by atoms with E-state index in [2.05, 4.69) is 0 Å². The summed E-state index contributed by atoms with van der Waals surface area (Å²) in [6, 6.07) is 2.01. The van der Waals surface area contributed by atoms with Gasteiger partial charge in [0.05, 0.1) is 0 Å². The minimum absolute atomic E-state index is 0.197. The minimum atomic E-state index is -0.494. The SMILES string of the molecule is CCC=CC(=O)c1c(O)cc(O)cc1O. The summed E-state index contributed by atoms with van der Waals surface area (Å²) in [6.45, 7) is 1.86. The van der Waals surface area contributed by atoms with E-state index in [-0.39, 0.29) is 11.3 Å². The molecule has 1 aromatic carbocycles. The highest BCUT2D eigenvalue weighted by Crippen LogP contribution is 2.32. The van der Waals surface area contributed by atoms with Crippen molar-refractivity contribution in [2.24, 2.45) is 0 Å². The summed E-state index contributed by atoms with van der Waals surface area (Å²) in [7, 11) is 0. The highest BCUT2D eigenvalue weighted by atomic mass is 16.3. The second-order valence-corrected chi connectivity index (χ2v) is 3.03. The van der Waals surface area contributed by atoms with E-state index < -0.39 is 17.3 Å². The van der Waals surface area contributed by atoms with Crippen molar-refractivity contribution in [1.29, 1.82) is 0 Å². The van der Waals surface area contributed by atoms with Crippen LogP contribution in [-0.2, 0) is 0 Å².